The lowest BCUT2D eigenvalue weighted by Crippen LogP contribution is -2.26. The molecule has 1 N–H and O–H groups in total. The molecule has 1 saturated carbocycles. The Kier molecular flexibility index (Phi) is 9.35. The van der Waals surface area contributed by atoms with Crippen molar-refractivity contribution in [3.8, 4) is 28.4 Å². The first kappa shape index (κ1) is 29.8. The van der Waals surface area contributed by atoms with Crippen LogP contribution in [0, 0.1) is 5.92 Å². The smallest absolute Gasteiger partial charge is 0.434 e. The summed E-state index contributed by atoms with van der Waals surface area (Å²) in [6.45, 7) is 7.10. The molecule has 11 heteroatoms. The Morgan fingerprint density at radius 3 is 2.45 bits per heavy atom. The molecule has 4 rings (SSSR count). The highest BCUT2D eigenvalue weighted by Crippen LogP contribution is 2.33. The number of hydrogen-bond acceptors (Lipinski definition) is 5. The van der Waals surface area contributed by atoms with E-state index in [1.165, 1.54) is 10.8 Å². The molecule has 216 valence electrons. The normalized spacial score (nSPS) is 18.1. The highest BCUT2D eigenvalue weighted by atomic mass is 28.3. The van der Waals surface area contributed by atoms with E-state index in [1.807, 2.05) is 24.3 Å². The molecule has 0 amide bonds. The number of aliphatic carboxylic acids is 1. The lowest BCUT2D eigenvalue weighted by molar-refractivity contribution is -0.141. The van der Waals surface area contributed by atoms with E-state index in [0.717, 1.165) is 43.5 Å². The van der Waals surface area contributed by atoms with Crippen molar-refractivity contribution in [2.24, 2.45) is 5.92 Å². The second-order valence-corrected chi connectivity index (χ2v) is 17.2. The number of aromatic nitrogens is 3. The van der Waals surface area contributed by atoms with Crippen LogP contribution in [0.5, 0.6) is 5.75 Å². The van der Waals surface area contributed by atoms with Gasteiger partial charge in [0.15, 0.2) is 5.69 Å². The van der Waals surface area contributed by atoms with E-state index in [1.54, 1.807) is 12.1 Å². The molecule has 2 aromatic heterocycles. The number of nitrogens with zero attached hydrogens (tertiary/aromatic N) is 3. The van der Waals surface area contributed by atoms with Gasteiger partial charge in [0, 0.05) is 44.6 Å². The molecule has 0 aliphatic heterocycles. The fourth-order valence-corrected chi connectivity index (χ4v) is 5.55. The number of hydrogen-bond donors (Lipinski definition) is 1. The second kappa shape index (κ2) is 12.6. The van der Waals surface area contributed by atoms with Gasteiger partial charge in [-0.3, -0.25) is 9.78 Å². The molecule has 1 aliphatic carbocycles. The van der Waals surface area contributed by atoms with Crippen LogP contribution in [-0.2, 0) is 22.4 Å². The van der Waals surface area contributed by atoms with Crippen molar-refractivity contribution < 1.29 is 32.5 Å². The topological polar surface area (TPSA) is 86.5 Å². The van der Waals surface area contributed by atoms with Crippen molar-refractivity contribution in [2.75, 3.05) is 6.61 Å². The Morgan fingerprint density at radius 2 is 1.82 bits per heavy atom. The van der Waals surface area contributed by atoms with Crippen molar-refractivity contribution in [1.29, 1.82) is 0 Å². The van der Waals surface area contributed by atoms with E-state index in [-0.39, 0.29) is 31.0 Å². The van der Waals surface area contributed by atoms with Crippen LogP contribution in [0.25, 0.3) is 22.6 Å². The molecule has 1 aliphatic rings. The first-order valence-electron chi connectivity index (χ1n) is 13.5. The number of carboxylic acid groups (broad SMARTS) is 1. The maximum absolute atomic E-state index is 13.4. The average Bonchev–Trinajstić information content (AvgIpc) is 3.31. The molecule has 1 fully saturated rings. The van der Waals surface area contributed by atoms with Gasteiger partial charge in [0.25, 0.3) is 0 Å². The van der Waals surface area contributed by atoms with E-state index in [2.05, 4.69) is 29.6 Å². The van der Waals surface area contributed by atoms with Gasteiger partial charge < -0.3 is 19.1 Å². The van der Waals surface area contributed by atoms with Gasteiger partial charge >= 0.3 is 12.1 Å². The predicted octanol–water partition coefficient (Wildman–Crippen LogP) is 7.36. The van der Waals surface area contributed by atoms with Crippen LogP contribution < -0.4 is 4.74 Å². The third-order valence-corrected chi connectivity index (χ3v) is 8.67. The highest BCUT2D eigenvalue weighted by Gasteiger charge is 2.35. The summed E-state index contributed by atoms with van der Waals surface area (Å²) < 4.78 is 53.4. The van der Waals surface area contributed by atoms with Crippen LogP contribution in [0.3, 0.4) is 0 Å². The first-order valence-corrected chi connectivity index (χ1v) is 17.3. The summed E-state index contributed by atoms with van der Waals surface area (Å²) in [7, 11) is -1.33. The molecule has 0 spiro atoms. The van der Waals surface area contributed by atoms with Gasteiger partial charge in [0.2, 0.25) is 0 Å². The monoisotopic (exact) mass is 575 g/mol. The molecule has 2 heterocycles. The fourth-order valence-electron chi connectivity index (χ4n) is 4.80. The zero-order valence-electron chi connectivity index (χ0n) is 23.1. The minimum Gasteiger partial charge on any atom is -0.490 e. The van der Waals surface area contributed by atoms with E-state index < -0.39 is 25.9 Å². The minimum atomic E-state index is -4.57. The fraction of sp³-hybridized carbons (Fsp3) is 0.483. The molecule has 0 saturated heterocycles. The largest absolute Gasteiger partial charge is 0.490 e. The van der Waals surface area contributed by atoms with Crippen LogP contribution in [0.2, 0.25) is 25.7 Å². The Morgan fingerprint density at radius 1 is 1.10 bits per heavy atom. The molecule has 1 aromatic carbocycles. The quantitative estimate of drug-likeness (QED) is 0.190. The Hall–Kier alpha value is -3.18. The summed E-state index contributed by atoms with van der Waals surface area (Å²) in [5.41, 5.74) is 0.986. The lowest BCUT2D eigenvalue weighted by atomic mass is 9.85. The SMILES string of the molecule is C[Si](C)(C)CCOCn1cc(C(F)(F)F)nc1-c1ccc(-c2ccc(O[C@@H]3CCC[C@H](CC(=O)O)C3)cc2)nc1. The van der Waals surface area contributed by atoms with Crippen LogP contribution in [0.1, 0.15) is 37.8 Å². The van der Waals surface area contributed by atoms with Crippen molar-refractivity contribution in [2.45, 2.75) is 76.8 Å². The number of imidazole rings is 1. The summed E-state index contributed by atoms with van der Waals surface area (Å²) in [6.07, 6.45) is 1.58. The third-order valence-electron chi connectivity index (χ3n) is 6.97. The molecular formula is C29H36F3N3O4Si. The Balaban J connectivity index is 1.43. The number of carbonyl (C=O) groups is 1. The average molecular weight is 576 g/mol. The number of ether oxygens (including phenoxy) is 2. The number of pyridine rings is 1. The highest BCUT2D eigenvalue weighted by molar-refractivity contribution is 6.76. The van der Waals surface area contributed by atoms with Gasteiger partial charge in [0.1, 0.15) is 18.3 Å². The van der Waals surface area contributed by atoms with Crippen LogP contribution in [0.4, 0.5) is 13.2 Å². The number of alkyl halides is 3. The predicted molar refractivity (Wildman–Crippen MR) is 149 cm³/mol. The van der Waals surface area contributed by atoms with Crippen LogP contribution in [-0.4, -0.2) is 46.4 Å². The number of halogens is 3. The Bertz CT molecular complexity index is 1270. The van der Waals surface area contributed by atoms with Gasteiger partial charge in [-0.15, -0.1) is 0 Å². The summed E-state index contributed by atoms with van der Waals surface area (Å²) in [4.78, 5) is 19.4. The van der Waals surface area contributed by atoms with Crippen LogP contribution in [0.15, 0.2) is 48.8 Å². The lowest BCUT2D eigenvalue weighted by Gasteiger charge is -2.28. The molecular weight excluding hydrogens is 539 g/mol. The number of carboxylic acids is 1. The van der Waals surface area contributed by atoms with E-state index >= 15 is 0 Å². The zero-order valence-corrected chi connectivity index (χ0v) is 24.1. The first-order chi connectivity index (χ1) is 18.9. The van der Waals surface area contributed by atoms with Gasteiger partial charge in [-0.05, 0) is 74.0 Å². The number of benzene rings is 1. The molecule has 0 unspecified atom stereocenters. The second-order valence-electron chi connectivity index (χ2n) is 11.6. The molecule has 40 heavy (non-hydrogen) atoms. The van der Waals surface area contributed by atoms with Gasteiger partial charge in [-0.1, -0.05) is 19.6 Å². The standard InChI is InChI=1S/C29H36F3N3O4Si/c1-40(2,3)14-13-38-19-35-18-26(29(30,31)32)34-28(35)22-9-12-25(33-17-22)21-7-10-23(11-8-21)39-24-6-4-5-20(15-24)16-27(36)37/h7-12,17-18,20,24H,4-6,13-16,19H2,1-3H3,(H,36,37)/t20-,24+/m0/s1. The zero-order chi connectivity index (χ0) is 28.9. The molecule has 3 aromatic rings. The van der Waals surface area contributed by atoms with E-state index in [4.69, 9.17) is 14.6 Å². The molecule has 2 atom stereocenters. The molecule has 0 radical (unpaired) electrons. The third kappa shape index (κ3) is 8.41. The van der Waals surface area contributed by atoms with Gasteiger partial charge in [0.05, 0.1) is 11.8 Å². The minimum absolute atomic E-state index is 0.00814. The number of rotatable bonds is 11. The maximum Gasteiger partial charge on any atom is 0.434 e. The summed E-state index contributed by atoms with van der Waals surface area (Å²) >= 11 is 0. The molecule has 7 nitrogen and oxygen atoms in total. The van der Waals surface area contributed by atoms with E-state index in [0.29, 0.717) is 23.6 Å². The van der Waals surface area contributed by atoms with Gasteiger partial charge in [-0.2, -0.15) is 13.2 Å². The van der Waals surface area contributed by atoms with Crippen molar-refractivity contribution >= 4 is 14.0 Å². The van der Waals surface area contributed by atoms with Crippen molar-refractivity contribution in [3.63, 3.8) is 0 Å². The van der Waals surface area contributed by atoms with Crippen molar-refractivity contribution in [1.82, 2.24) is 14.5 Å². The Labute approximate surface area is 233 Å². The summed E-state index contributed by atoms with van der Waals surface area (Å²) in [6, 6.07) is 11.8. The van der Waals surface area contributed by atoms with Crippen molar-refractivity contribution in [3.05, 3.63) is 54.5 Å². The molecule has 0 bridgehead atoms. The van der Waals surface area contributed by atoms with Crippen LogP contribution >= 0.6 is 0 Å². The van der Waals surface area contributed by atoms with E-state index in [9.17, 15) is 18.0 Å². The van der Waals surface area contributed by atoms with Gasteiger partial charge in [-0.25, -0.2) is 4.98 Å². The maximum atomic E-state index is 13.4. The summed E-state index contributed by atoms with van der Waals surface area (Å²) in [5, 5.41) is 9.08. The summed E-state index contributed by atoms with van der Waals surface area (Å²) in [5.74, 6) is 0.218.